The van der Waals surface area contributed by atoms with Crippen molar-refractivity contribution in [2.75, 3.05) is 6.54 Å². The number of aryl methyl sites for hydroxylation is 2. The Morgan fingerprint density at radius 3 is 2.57 bits per heavy atom. The first-order valence-electron chi connectivity index (χ1n) is 7.47. The summed E-state index contributed by atoms with van der Waals surface area (Å²) in [7, 11) is 0. The van der Waals surface area contributed by atoms with Gasteiger partial charge in [-0.1, -0.05) is 30.7 Å². The molecule has 2 rings (SSSR count). The molecule has 0 spiro atoms. The molecule has 1 aromatic carbocycles. The SMILES string of the molecule is Cc1ccc(C)c(CC(=O)N(CC(C)C(=O)O)C2CC2)c1. The van der Waals surface area contributed by atoms with Crippen molar-refractivity contribution < 1.29 is 14.7 Å². The summed E-state index contributed by atoms with van der Waals surface area (Å²) in [6.45, 7) is 5.98. The molecule has 1 aromatic rings. The van der Waals surface area contributed by atoms with Crippen molar-refractivity contribution in [2.24, 2.45) is 5.92 Å². The first-order chi connectivity index (χ1) is 9.88. The third-order valence-electron chi connectivity index (χ3n) is 4.05. The predicted molar refractivity (Wildman–Crippen MR) is 81.2 cm³/mol. The van der Waals surface area contributed by atoms with Crippen LogP contribution in [0.15, 0.2) is 18.2 Å². The second-order valence-corrected chi connectivity index (χ2v) is 6.12. The van der Waals surface area contributed by atoms with Gasteiger partial charge in [0, 0.05) is 12.6 Å². The van der Waals surface area contributed by atoms with Crippen molar-refractivity contribution in [3.05, 3.63) is 34.9 Å². The number of rotatable bonds is 6. The zero-order chi connectivity index (χ0) is 15.6. The molecule has 0 heterocycles. The number of benzene rings is 1. The van der Waals surface area contributed by atoms with Gasteiger partial charge in [0.15, 0.2) is 0 Å². The Bertz CT molecular complexity index is 549. The molecular formula is C17H23NO3. The number of hydrogen-bond donors (Lipinski definition) is 1. The summed E-state index contributed by atoms with van der Waals surface area (Å²) in [6, 6.07) is 6.34. The van der Waals surface area contributed by atoms with Crippen LogP contribution in [0.2, 0.25) is 0 Å². The number of hydrogen-bond acceptors (Lipinski definition) is 2. The molecule has 1 unspecified atom stereocenters. The largest absolute Gasteiger partial charge is 0.481 e. The van der Waals surface area contributed by atoms with E-state index >= 15 is 0 Å². The van der Waals surface area contributed by atoms with E-state index in [2.05, 4.69) is 0 Å². The highest BCUT2D eigenvalue weighted by atomic mass is 16.4. The lowest BCUT2D eigenvalue weighted by atomic mass is 10.0. The topological polar surface area (TPSA) is 57.6 Å². The number of carbonyl (C=O) groups excluding carboxylic acids is 1. The maximum atomic E-state index is 12.5. The van der Waals surface area contributed by atoms with E-state index in [1.807, 2.05) is 32.0 Å². The molecule has 1 atom stereocenters. The molecule has 21 heavy (non-hydrogen) atoms. The van der Waals surface area contributed by atoms with Crippen LogP contribution < -0.4 is 0 Å². The van der Waals surface area contributed by atoms with Gasteiger partial charge in [-0.3, -0.25) is 9.59 Å². The summed E-state index contributed by atoms with van der Waals surface area (Å²) in [6.07, 6.45) is 2.34. The van der Waals surface area contributed by atoms with Crippen molar-refractivity contribution in [1.82, 2.24) is 4.90 Å². The van der Waals surface area contributed by atoms with Gasteiger partial charge in [-0.15, -0.1) is 0 Å². The molecule has 0 aromatic heterocycles. The summed E-state index contributed by atoms with van der Waals surface area (Å²) < 4.78 is 0. The molecule has 0 saturated heterocycles. The van der Waals surface area contributed by atoms with Crippen molar-refractivity contribution in [2.45, 2.75) is 46.1 Å². The fourth-order valence-corrected chi connectivity index (χ4v) is 2.47. The van der Waals surface area contributed by atoms with Crippen LogP contribution in [0.25, 0.3) is 0 Å². The van der Waals surface area contributed by atoms with E-state index in [-0.39, 0.29) is 11.9 Å². The minimum absolute atomic E-state index is 0.0410. The maximum absolute atomic E-state index is 12.5. The van der Waals surface area contributed by atoms with Crippen molar-refractivity contribution in [3.63, 3.8) is 0 Å². The summed E-state index contributed by atoms with van der Waals surface area (Å²) >= 11 is 0. The Kier molecular flexibility index (Phi) is 4.66. The van der Waals surface area contributed by atoms with Gasteiger partial charge in [-0.2, -0.15) is 0 Å². The first-order valence-corrected chi connectivity index (χ1v) is 7.47. The molecule has 0 radical (unpaired) electrons. The number of nitrogens with zero attached hydrogens (tertiary/aromatic N) is 1. The van der Waals surface area contributed by atoms with E-state index in [0.29, 0.717) is 13.0 Å². The summed E-state index contributed by atoms with van der Waals surface area (Å²) in [4.78, 5) is 25.3. The molecule has 4 nitrogen and oxygen atoms in total. The third kappa shape index (κ3) is 4.06. The van der Waals surface area contributed by atoms with Gasteiger partial charge in [0.2, 0.25) is 5.91 Å². The second-order valence-electron chi connectivity index (χ2n) is 6.12. The van der Waals surface area contributed by atoms with Crippen LogP contribution in [-0.2, 0) is 16.0 Å². The van der Waals surface area contributed by atoms with Gasteiger partial charge in [0.05, 0.1) is 12.3 Å². The third-order valence-corrected chi connectivity index (χ3v) is 4.05. The molecule has 1 saturated carbocycles. The van der Waals surface area contributed by atoms with E-state index < -0.39 is 11.9 Å². The molecule has 4 heteroatoms. The van der Waals surface area contributed by atoms with Crippen molar-refractivity contribution >= 4 is 11.9 Å². The zero-order valence-corrected chi connectivity index (χ0v) is 12.9. The number of amides is 1. The molecule has 0 bridgehead atoms. The quantitative estimate of drug-likeness (QED) is 0.875. The molecular weight excluding hydrogens is 266 g/mol. The van der Waals surface area contributed by atoms with Crippen LogP contribution in [-0.4, -0.2) is 34.5 Å². The Balaban J connectivity index is 2.08. The normalized spacial score (nSPS) is 15.6. The smallest absolute Gasteiger partial charge is 0.308 e. The number of carbonyl (C=O) groups is 2. The average Bonchev–Trinajstić information content (AvgIpc) is 3.24. The lowest BCUT2D eigenvalue weighted by Crippen LogP contribution is -2.39. The Hall–Kier alpha value is -1.84. The van der Waals surface area contributed by atoms with Gasteiger partial charge in [-0.25, -0.2) is 0 Å². The summed E-state index contributed by atoms with van der Waals surface area (Å²) in [5.41, 5.74) is 3.28. The monoisotopic (exact) mass is 289 g/mol. The lowest BCUT2D eigenvalue weighted by Gasteiger charge is -2.25. The average molecular weight is 289 g/mol. The van der Waals surface area contributed by atoms with Gasteiger partial charge in [0.25, 0.3) is 0 Å². The van der Waals surface area contributed by atoms with Crippen LogP contribution >= 0.6 is 0 Å². The number of carboxylic acids is 1. The fourth-order valence-electron chi connectivity index (χ4n) is 2.47. The predicted octanol–water partition coefficient (Wildman–Crippen LogP) is 2.56. The number of aliphatic carboxylic acids is 1. The van der Waals surface area contributed by atoms with Gasteiger partial charge < -0.3 is 10.0 Å². The van der Waals surface area contributed by atoms with E-state index in [0.717, 1.165) is 29.5 Å². The maximum Gasteiger partial charge on any atom is 0.308 e. The molecule has 1 fully saturated rings. The van der Waals surface area contributed by atoms with Crippen LogP contribution in [0.3, 0.4) is 0 Å². The van der Waals surface area contributed by atoms with Gasteiger partial charge in [-0.05, 0) is 37.8 Å². The molecule has 1 aliphatic carbocycles. The Morgan fingerprint density at radius 2 is 2.00 bits per heavy atom. The minimum Gasteiger partial charge on any atom is -0.481 e. The van der Waals surface area contributed by atoms with Crippen molar-refractivity contribution in [3.8, 4) is 0 Å². The fraction of sp³-hybridized carbons (Fsp3) is 0.529. The molecule has 0 aliphatic heterocycles. The minimum atomic E-state index is -0.847. The van der Waals surface area contributed by atoms with E-state index in [1.54, 1.807) is 11.8 Å². The van der Waals surface area contributed by atoms with E-state index in [9.17, 15) is 9.59 Å². The standard InChI is InChI=1S/C17H23NO3/c1-11-4-5-12(2)14(8-11)9-16(19)18(15-6-7-15)10-13(3)17(20)21/h4-5,8,13,15H,6-7,9-10H2,1-3H3,(H,20,21). The molecule has 114 valence electrons. The highest BCUT2D eigenvalue weighted by molar-refractivity contribution is 5.80. The van der Waals surface area contributed by atoms with Crippen LogP contribution in [0, 0.1) is 19.8 Å². The zero-order valence-electron chi connectivity index (χ0n) is 12.9. The van der Waals surface area contributed by atoms with Gasteiger partial charge >= 0.3 is 5.97 Å². The first kappa shape index (κ1) is 15.5. The summed E-state index contributed by atoms with van der Waals surface area (Å²) in [5.74, 6) is -1.33. The molecule has 1 amide bonds. The van der Waals surface area contributed by atoms with Crippen molar-refractivity contribution in [1.29, 1.82) is 0 Å². The van der Waals surface area contributed by atoms with E-state index in [1.165, 1.54) is 0 Å². The Labute approximate surface area is 125 Å². The van der Waals surface area contributed by atoms with Gasteiger partial charge in [0.1, 0.15) is 0 Å². The Morgan fingerprint density at radius 1 is 1.33 bits per heavy atom. The number of carboxylic acid groups (broad SMARTS) is 1. The second kappa shape index (κ2) is 6.29. The van der Waals surface area contributed by atoms with Crippen LogP contribution in [0.1, 0.15) is 36.5 Å². The highest BCUT2D eigenvalue weighted by Gasteiger charge is 2.34. The van der Waals surface area contributed by atoms with Crippen LogP contribution in [0.5, 0.6) is 0 Å². The highest BCUT2D eigenvalue weighted by Crippen LogP contribution is 2.28. The van der Waals surface area contributed by atoms with E-state index in [4.69, 9.17) is 5.11 Å². The lowest BCUT2D eigenvalue weighted by molar-refractivity contribution is -0.143. The molecule has 1 N–H and O–H groups in total. The molecule has 1 aliphatic rings. The van der Waals surface area contributed by atoms with Crippen LogP contribution in [0.4, 0.5) is 0 Å². The summed E-state index contributed by atoms with van der Waals surface area (Å²) in [5, 5.41) is 9.05.